The average molecular weight is 579 g/mol. The van der Waals surface area contributed by atoms with Crippen LogP contribution in [0.2, 0.25) is 0 Å². The molecule has 0 saturated carbocycles. The van der Waals surface area contributed by atoms with Crippen LogP contribution in [-0.2, 0) is 35.4 Å². The van der Waals surface area contributed by atoms with Gasteiger partial charge in [-0.3, -0.25) is 19.3 Å². The SMILES string of the molecule is CC(=O)Oc1cc(C)ccc1S(=O)(=O)/C(=N\N)C1=C(C(=O)O)N2C(=O)[C@@H](NC(=O)Cc3cccs3)[C@H]2SC1. The van der Waals surface area contributed by atoms with Gasteiger partial charge in [-0.2, -0.15) is 5.10 Å². The Morgan fingerprint density at radius 1 is 1.29 bits per heavy atom. The number of carbonyl (C=O) groups excluding carboxylic acids is 3. The summed E-state index contributed by atoms with van der Waals surface area (Å²) in [4.78, 5) is 50.5. The minimum absolute atomic E-state index is 0.0646. The second-order valence-electron chi connectivity index (χ2n) is 8.32. The van der Waals surface area contributed by atoms with E-state index in [4.69, 9.17) is 10.6 Å². The summed E-state index contributed by atoms with van der Waals surface area (Å²) in [5, 5.41) is 16.3. The molecule has 0 radical (unpaired) electrons. The number of carboxylic acids is 1. The summed E-state index contributed by atoms with van der Waals surface area (Å²) in [5.41, 5.74) is -0.296. The van der Waals surface area contributed by atoms with Crippen LogP contribution in [0.5, 0.6) is 5.75 Å². The monoisotopic (exact) mass is 578 g/mol. The van der Waals surface area contributed by atoms with Crippen LogP contribution in [-0.4, -0.2) is 64.4 Å². The number of thiophene rings is 1. The number of carbonyl (C=O) groups is 4. The number of benzene rings is 1. The molecule has 2 aliphatic heterocycles. The topological polar surface area (TPSA) is 186 Å². The third kappa shape index (κ3) is 5.04. The lowest BCUT2D eigenvalue weighted by molar-refractivity contribution is -0.150. The lowest BCUT2D eigenvalue weighted by atomic mass is 10.0. The number of amides is 2. The van der Waals surface area contributed by atoms with Crippen molar-refractivity contribution >= 4 is 61.7 Å². The quantitative estimate of drug-likeness (QED) is 0.0814. The van der Waals surface area contributed by atoms with Gasteiger partial charge in [0.1, 0.15) is 27.8 Å². The number of aryl methyl sites for hydroxylation is 1. The third-order valence-electron chi connectivity index (χ3n) is 5.67. The lowest BCUT2D eigenvalue weighted by Gasteiger charge is -2.49. The van der Waals surface area contributed by atoms with Gasteiger partial charge in [-0.05, 0) is 36.1 Å². The standard InChI is InChI=1S/C23H22N4O8S3/c1-11-5-6-16(15(8-11)35-12(2)28)38(33,34)20(26-24)14-10-37-22-18(21(30)27(22)19(14)23(31)32)25-17(29)9-13-4-3-7-36-13/h3-8,18,22H,9-10,24H2,1-2H3,(H,25,29)(H,31,32)/b26-20-/t18-,22-/m1/s1. The van der Waals surface area contributed by atoms with Crippen LogP contribution in [0.3, 0.4) is 0 Å². The maximum atomic E-state index is 13.6. The van der Waals surface area contributed by atoms with Gasteiger partial charge in [0.25, 0.3) is 5.91 Å². The van der Waals surface area contributed by atoms with Crippen LogP contribution < -0.4 is 15.9 Å². The summed E-state index contributed by atoms with van der Waals surface area (Å²) in [6.45, 7) is 2.76. The first-order valence-electron chi connectivity index (χ1n) is 11.0. The molecule has 2 aliphatic rings. The number of β-lactam (4-membered cyclic amide) rings is 1. The van der Waals surface area contributed by atoms with Crippen LogP contribution in [0.4, 0.5) is 0 Å². The minimum Gasteiger partial charge on any atom is -0.477 e. The molecular weight excluding hydrogens is 556 g/mol. The Bertz CT molecular complexity index is 1500. The smallest absolute Gasteiger partial charge is 0.353 e. The molecule has 200 valence electrons. The van der Waals surface area contributed by atoms with E-state index in [2.05, 4.69) is 10.4 Å². The molecule has 0 spiro atoms. The van der Waals surface area contributed by atoms with Crippen LogP contribution in [0.15, 0.2) is 57.0 Å². The second kappa shape index (κ2) is 10.6. The molecule has 1 saturated heterocycles. The Labute approximate surface area is 225 Å². The highest BCUT2D eigenvalue weighted by atomic mass is 32.2. The number of ether oxygens (including phenoxy) is 1. The lowest BCUT2D eigenvalue weighted by Crippen LogP contribution is -2.70. The minimum atomic E-state index is -4.60. The van der Waals surface area contributed by atoms with Crippen molar-refractivity contribution in [3.05, 3.63) is 57.4 Å². The van der Waals surface area contributed by atoms with Crippen LogP contribution in [0, 0.1) is 6.92 Å². The maximum Gasteiger partial charge on any atom is 0.353 e. The van der Waals surface area contributed by atoms with Crippen molar-refractivity contribution in [3.8, 4) is 5.75 Å². The number of nitrogens with one attached hydrogen (secondary N) is 1. The molecule has 1 aromatic carbocycles. The van der Waals surface area contributed by atoms with Gasteiger partial charge < -0.3 is 21.0 Å². The van der Waals surface area contributed by atoms with E-state index in [1.165, 1.54) is 29.5 Å². The highest BCUT2D eigenvalue weighted by molar-refractivity contribution is 8.07. The van der Waals surface area contributed by atoms with Gasteiger partial charge in [0.05, 0.1) is 6.42 Å². The zero-order chi connectivity index (χ0) is 27.8. The van der Waals surface area contributed by atoms with E-state index in [0.29, 0.717) is 5.56 Å². The molecule has 2 amide bonds. The van der Waals surface area contributed by atoms with Crippen molar-refractivity contribution in [1.29, 1.82) is 0 Å². The predicted octanol–water partition coefficient (Wildman–Crippen LogP) is 1.01. The number of hydrogen-bond acceptors (Lipinski definition) is 11. The normalized spacial score (nSPS) is 19.5. The van der Waals surface area contributed by atoms with Gasteiger partial charge in [0, 0.05) is 23.1 Å². The highest BCUT2D eigenvalue weighted by Crippen LogP contribution is 2.42. The number of fused-ring (bicyclic) bond motifs is 1. The molecule has 4 rings (SSSR count). The van der Waals surface area contributed by atoms with E-state index in [1.807, 2.05) is 5.38 Å². The zero-order valence-electron chi connectivity index (χ0n) is 20.0. The molecular formula is C23H22N4O8S3. The van der Waals surface area contributed by atoms with Crippen molar-refractivity contribution in [2.24, 2.45) is 10.9 Å². The van der Waals surface area contributed by atoms with Gasteiger partial charge in [-0.1, -0.05) is 12.1 Å². The number of aliphatic carboxylic acids is 1. The first kappa shape index (κ1) is 27.3. The molecule has 4 N–H and O–H groups in total. The Morgan fingerprint density at radius 2 is 2.03 bits per heavy atom. The van der Waals surface area contributed by atoms with Gasteiger partial charge >= 0.3 is 11.9 Å². The number of sulfone groups is 1. The first-order valence-corrected chi connectivity index (χ1v) is 14.4. The third-order valence-corrected chi connectivity index (χ3v) is 9.61. The summed E-state index contributed by atoms with van der Waals surface area (Å²) < 4.78 is 32.3. The fourth-order valence-electron chi connectivity index (χ4n) is 4.06. The van der Waals surface area contributed by atoms with E-state index >= 15 is 0 Å². The molecule has 1 fully saturated rings. The molecule has 12 nitrogen and oxygen atoms in total. The van der Waals surface area contributed by atoms with Gasteiger partial charge in [-0.25, -0.2) is 13.2 Å². The zero-order valence-corrected chi connectivity index (χ0v) is 22.5. The summed E-state index contributed by atoms with van der Waals surface area (Å²) in [5.74, 6) is 1.57. The molecule has 15 heteroatoms. The van der Waals surface area contributed by atoms with Crippen molar-refractivity contribution in [1.82, 2.24) is 10.2 Å². The average Bonchev–Trinajstić information content (AvgIpc) is 3.34. The predicted molar refractivity (Wildman–Crippen MR) is 139 cm³/mol. The largest absolute Gasteiger partial charge is 0.477 e. The van der Waals surface area contributed by atoms with Crippen molar-refractivity contribution < 1.29 is 37.4 Å². The maximum absolute atomic E-state index is 13.6. The number of esters is 1. The summed E-state index contributed by atoms with van der Waals surface area (Å²) >= 11 is 2.45. The first-order chi connectivity index (χ1) is 17.9. The van der Waals surface area contributed by atoms with Crippen LogP contribution in [0.1, 0.15) is 17.4 Å². The fraction of sp³-hybridized carbons (Fsp3) is 0.261. The van der Waals surface area contributed by atoms with Gasteiger partial charge in [0.15, 0.2) is 5.04 Å². The van der Waals surface area contributed by atoms with Crippen LogP contribution in [0.25, 0.3) is 0 Å². The molecule has 3 heterocycles. The highest BCUT2D eigenvalue weighted by Gasteiger charge is 2.55. The van der Waals surface area contributed by atoms with E-state index in [0.717, 1.165) is 28.5 Å². The number of hydrazone groups is 1. The van der Waals surface area contributed by atoms with E-state index in [-0.39, 0.29) is 23.5 Å². The van der Waals surface area contributed by atoms with E-state index in [1.54, 1.807) is 19.1 Å². The van der Waals surface area contributed by atoms with E-state index < -0.39 is 60.6 Å². The second-order valence-corrected chi connectivity index (χ2v) is 12.3. The number of nitrogens with zero attached hydrogens (tertiary/aromatic N) is 2. The Kier molecular flexibility index (Phi) is 7.62. The molecule has 38 heavy (non-hydrogen) atoms. The molecule has 0 bridgehead atoms. The van der Waals surface area contributed by atoms with Gasteiger partial charge in [-0.15, -0.1) is 23.1 Å². The summed E-state index contributed by atoms with van der Waals surface area (Å²) in [6, 6.07) is 6.59. The van der Waals surface area contributed by atoms with Crippen molar-refractivity contribution in [2.75, 3.05) is 5.75 Å². The number of thioether (sulfide) groups is 1. The molecule has 0 unspecified atom stereocenters. The van der Waals surface area contributed by atoms with Crippen molar-refractivity contribution in [3.63, 3.8) is 0 Å². The molecule has 1 aromatic heterocycles. The molecule has 2 aromatic rings. The molecule has 2 atom stereocenters. The fourth-order valence-corrected chi connectivity index (χ4v) is 7.66. The number of hydrogen-bond donors (Lipinski definition) is 3. The Balaban J connectivity index is 1.67. The van der Waals surface area contributed by atoms with Crippen LogP contribution >= 0.6 is 23.1 Å². The number of nitrogens with two attached hydrogens (primary N) is 1. The summed E-state index contributed by atoms with van der Waals surface area (Å²) in [6.07, 6.45) is 0.0646. The van der Waals surface area contributed by atoms with Crippen molar-refractivity contribution in [2.45, 2.75) is 36.6 Å². The van der Waals surface area contributed by atoms with E-state index in [9.17, 15) is 32.7 Å². The Morgan fingerprint density at radius 3 is 2.63 bits per heavy atom. The van der Waals surface area contributed by atoms with Gasteiger partial charge in [0.2, 0.25) is 15.7 Å². The summed E-state index contributed by atoms with van der Waals surface area (Å²) in [7, 11) is -4.60. The number of rotatable bonds is 7. The number of carboxylic acid groups (broad SMARTS) is 1. The molecule has 0 aliphatic carbocycles. The Hall–Kier alpha value is -3.69.